The third kappa shape index (κ3) is 3.32. The Bertz CT molecular complexity index is 883. The van der Waals surface area contributed by atoms with Gasteiger partial charge in [-0.15, -0.1) is 0 Å². The van der Waals surface area contributed by atoms with Crippen molar-refractivity contribution < 1.29 is 9.50 Å². The van der Waals surface area contributed by atoms with E-state index in [2.05, 4.69) is 0 Å². The molecule has 116 valence electrons. The Balaban J connectivity index is 1.84. The van der Waals surface area contributed by atoms with Gasteiger partial charge in [-0.25, -0.2) is 4.39 Å². The van der Waals surface area contributed by atoms with Gasteiger partial charge in [0, 0.05) is 12.7 Å². The average Bonchev–Trinajstić information content (AvgIpc) is 2.57. The maximum Gasteiger partial charge on any atom is 0.152 e. The minimum absolute atomic E-state index is 0.158. The van der Waals surface area contributed by atoms with Crippen molar-refractivity contribution >= 4 is 12.2 Å². The molecule has 0 spiro atoms. The van der Waals surface area contributed by atoms with Gasteiger partial charge in [0.05, 0.1) is 10.2 Å². The first kappa shape index (κ1) is 15.4. The van der Waals surface area contributed by atoms with Gasteiger partial charge in [0.1, 0.15) is 5.82 Å². The molecule has 2 nitrogen and oxygen atoms in total. The van der Waals surface area contributed by atoms with E-state index in [-0.39, 0.29) is 11.6 Å². The second-order valence-electron chi connectivity index (χ2n) is 5.45. The first-order chi connectivity index (χ1) is 11.0. The van der Waals surface area contributed by atoms with Crippen LogP contribution in [-0.4, -0.2) is 9.67 Å². The molecule has 0 atom stereocenters. The van der Waals surface area contributed by atoms with Crippen LogP contribution >= 0.6 is 12.2 Å². The fourth-order valence-corrected chi connectivity index (χ4v) is 2.68. The predicted molar refractivity (Wildman–Crippen MR) is 92.6 cm³/mol. The highest BCUT2D eigenvalue weighted by Crippen LogP contribution is 2.22. The summed E-state index contributed by atoms with van der Waals surface area (Å²) in [6.07, 6.45) is 1.88. The number of rotatable bonds is 3. The van der Waals surface area contributed by atoms with Crippen LogP contribution in [-0.2, 0) is 6.54 Å². The zero-order valence-electron chi connectivity index (χ0n) is 12.7. The van der Waals surface area contributed by atoms with E-state index in [1.807, 2.05) is 42.0 Å². The van der Waals surface area contributed by atoms with E-state index in [4.69, 9.17) is 12.2 Å². The van der Waals surface area contributed by atoms with Gasteiger partial charge in [-0.05, 0) is 41.8 Å². The summed E-state index contributed by atoms with van der Waals surface area (Å²) in [5.41, 5.74) is 3.88. The van der Waals surface area contributed by atoms with Crippen molar-refractivity contribution in [2.24, 2.45) is 0 Å². The van der Waals surface area contributed by atoms with E-state index in [0.29, 0.717) is 11.1 Å². The van der Waals surface area contributed by atoms with E-state index in [1.54, 1.807) is 18.2 Å². The Kier molecular flexibility index (Phi) is 4.26. The number of halogens is 1. The van der Waals surface area contributed by atoms with Crippen molar-refractivity contribution in [2.75, 3.05) is 0 Å². The molecule has 0 fully saturated rings. The van der Waals surface area contributed by atoms with Crippen LogP contribution in [0.5, 0.6) is 5.75 Å². The van der Waals surface area contributed by atoms with E-state index >= 15 is 0 Å². The molecule has 1 heterocycles. The molecular formula is C19H16FNOS. The molecule has 1 aromatic heterocycles. The normalized spacial score (nSPS) is 10.7. The van der Waals surface area contributed by atoms with Gasteiger partial charge in [-0.1, -0.05) is 48.6 Å². The smallest absolute Gasteiger partial charge is 0.152 e. The Labute approximate surface area is 139 Å². The number of benzene rings is 2. The lowest BCUT2D eigenvalue weighted by molar-refractivity contribution is 0.458. The van der Waals surface area contributed by atoms with E-state index in [1.165, 1.54) is 12.1 Å². The standard InChI is InChI=1S/C19H16FNOS/c1-13-19(22)18(23)10-11-21(13)12-14-2-4-15(5-3-14)16-6-8-17(20)9-7-16/h2-11,22H,12H2,1H3. The molecule has 0 radical (unpaired) electrons. The zero-order valence-corrected chi connectivity index (χ0v) is 13.5. The third-order valence-electron chi connectivity index (χ3n) is 3.90. The summed E-state index contributed by atoms with van der Waals surface area (Å²) in [5.74, 6) is -0.0762. The maximum absolute atomic E-state index is 13.0. The molecule has 0 aliphatic carbocycles. The van der Waals surface area contributed by atoms with Gasteiger partial charge in [-0.2, -0.15) is 0 Å². The van der Waals surface area contributed by atoms with Gasteiger partial charge >= 0.3 is 0 Å². The number of aromatic nitrogens is 1. The molecule has 0 aliphatic heterocycles. The number of nitrogens with zero attached hydrogens (tertiary/aromatic N) is 1. The van der Waals surface area contributed by atoms with Crippen LogP contribution in [0.3, 0.4) is 0 Å². The highest BCUT2D eigenvalue weighted by atomic mass is 32.1. The summed E-state index contributed by atoms with van der Waals surface area (Å²) in [5, 5.41) is 9.92. The maximum atomic E-state index is 13.0. The first-order valence-electron chi connectivity index (χ1n) is 7.28. The number of hydrogen-bond acceptors (Lipinski definition) is 2. The van der Waals surface area contributed by atoms with Crippen LogP contribution in [0.15, 0.2) is 60.8 Å². The lowest BCUT2D eigenvalue weighted by atomic mass is 10.0. The lowest BCUT2D eigenvalue weighted by Gasteiger charge is -2.12. The Hall–Kier alpha value is -2.46. The van der Waals surface area contributed by atoms with Gasteiger partial charge in [0.2, 0.25) is 0 Å². The second-order valence-corrected chi connectivity index (χ2v) is 5.89. The van der Waals surface area contributed by atoms with Gasteiger partial charge < -0.3 is 9.67 Å². The minimum atomic E-state index is -0.234. The molecule has 0 saturated heterocycles. The van der Waals surface area contributed by atoms with Crippen molar-refractivity contribution in [2.45, 2.75) is 13.5 Å². The third-order valence-corrected chi connectivity index (χ3v) is 4.23. The van der Waals surface area contributed by atoms with Crippen molar-refractivity contribution in [1.29, 1.82) is 0 Å². The number of hydrogen-bond donors (Lipinski definition) is 1. The molecule has 3 rings (SSSR count). The van der Waals surface area contributed by atoms with Crippen LogP contribution in [0.25, 0.3) is 11.1 Å². The van der Waals surface area contributed by atoms with Crippen LogP contribution in [0.1, 0.15) is 11.3 Å². The van der Waals surface area contributed by atoms with Crippen molar-refractivity contribution in [3.8, 4) is 16.9 Å². The molecule has 0 amide bonds. The quantitative estimate of drug-likeness (QED) is 0.679. The summed E-state index contributed by atoms with van der Waals surface area (Å²) in [7, 11) is 0. The fourth-order valence-electron chi connectivity index (χ4n) is 2.48. The summed E-state index contributed by atoms with van der Waals surface area (Å²) in [6.45, 7) is 2.50. The van der Waals surface area contributed by atoms with Crippen LogP contribution in [0.2, 0.25) is 0 Å². The van der Waals surface area contributed by atoms with E-state index < -0.39 is 0 Å². The largest absolute Gasteiger partial charge is 0.505 e. The molecule has 4 heteroatoms. The summed E-state index contributed by atoms with van der Waals surface area (Å²) < 4.78 is 15.4. The van der Waals surface area contributed by atoms with Crippen molar-refractivity contribution in [3.05, 3.63) is 82.4 Å². The Morgan fingerprint density at radius 3 is 2.13 bits per heavy atom. The molecule has 0 saturated carbocycles. The van der Waals surface area contributed by atoms with E-state index in [0.717, 1.165) is 22.4 Å². The van der Waals surface area contributed by atoms with Crippen LogP contribution < -0.4 is 0 Å². The minimum Gasteiger partial charge on any atom is -0.505 e. The first-order valence-corrected chi connectivity index (χ1v) is 7.69. The molecule has 0 aliphatic rings. The number of pyridine rings is 1. The van der Waals surface area contributed by atoms with Gasteiger partial charge in [0.25, 0.3) is 0 Å². The molecular weight excluding hydrogens is 309 g/mol. The monoisotopic (exact) mass is 325 g/mol. The molecule has 0 bridgehead atoms. The van der Waals surface area contributed by atoms with Gasteiger partial charge in [0.15, 0.2) is 5.75 Å². The van der Waals surface area contributed by atoms with E-state index in [9.17, 15) is 9.50 Å². The SMILES string of the molecule is Cc1c(O)c(=S)ccn1Cc1ccc(-c2ccc(F)cc2)cc1. The average molecular weight is 325 g/mol. The van der Waals surface area contributed by atoms with Crippen molar-refractivity contribution in [1.82, 2.24) is 4.57 Å². The van der Waals surface area contributed by atoms with Gasteiger partial charge in [-0.3, -0.25) is 0 Å². The topological polar surface area (TPSA) is 25.2 Å². The van der Waals surface area contributed by atoms with Crippen molar-refractivity contribution in [3.63, 3.8) is 0 Å². The Morgan fingerprint density at radius 1 is 0.957 bits per heavy atom. The zero-order chi connectivity index (χ0) is 16.4. The summed E-state index contributed by atoms with van der Waals surface area (Å²) in [6, 6.07) is 16.3. The lowest BCUT2D eigenvalue weighted by Crippen LogP contribution is -2.04. The highest BCUT2D eigenvalue weighted by molar-refractivity contribution is 7.71. The molecule has 0 unspecified atom stereocenters. The predicted octanol–water partition coefficient (Wildman–Crippen LogP) is 5.09. The molecule has 23 heavy (non-hydrogen) atoms. The fraction of sp³-hybridized carbons (Fsp3) is 0.105. The summed E-state index contributed by atoms with van der Waals surface area (Å²) in [4.78, 5) is 0. The Morgan fingerprint density at radius 2 is 1.52 bits per heavy atom. The molecule has 3 aromatic rings. The molecule has 2 aromatic carbocycles. The summed E-state index contributed by atoms with van der Waals surface area (Å²) >= 11 is 5.06. The van der Waals surface area contributed by atoms with Crippen LogP contribution in [0.4, 0.5) is 4.39 Å². The number of aromatic hydroxyl groups is 1. The molecule has 1 N–H and O–H groups in total. The van der Waals surface area contributed by atoms with Crippen LogP contribution in [0, 0.1) is 17.3 Å². The highest BCUT2D eigenvalue weighted by Gasteiger charge is 2.04. The second kappa shape index (κ2) is 6.34.